The summed E-state index contributed by atoms with van der Waals surface area (Å²) in [6, 6.07) is 12.2. The maximum absolute atomic E-state index is 13.1. The molecule has 0 spiro atoms. The van der Waals surface area contributed by atoms with Crippen LogP contribution in [0, 0.1) is 11.8 Å². The molecule has 1 atom stereocenters. The maximum Gasteiger partial charge on any atom is 0.416 e. The van der Waals surface area contributed by atoms with Crippen LogP contribution in [-0.4, -0.2) is 52.0 Å². The van der Waals surface area contributed by atoms with Crippen molar-refractivity contribution in [3.05, 3.63) is 77.7 Å². The number of benzene rings is 2. The molecule has 2 aromatic heterocycles. The Morgan fingerprint density at radius 1 is 1.07 bits per heavy atom. The van der Waals surface area contributed by atoms with E-state index in [4.69, 9.17) is 9.72 Å². The van der Waals surface area contributed by atoms with Crippen molar-refractivity contribution in [2.24, 2.45) is 0 Å². The van der Waals surface area contributed by atoms with E-state index in [0.717, 1.165) is 33.3 Å². The molecule has 0 bridgehead atoms. The first-order chi connectivity index (χ1) is 20.5. The monoisotopic (exact) mass is 624 g/mol. The highest BCUT2D eigenvalue weighted by Gasteiger charge is 2.30. The van der Waals surface area contributed by atoms with Crippen molar-refractivity contribution < 1.29 is 27.8 Å². The predicted octanol–water partition coefficient (Wildman–Crippen LogP) is 7.07. The Kier molecular flexibility index (Phi) is 9.56. The third kappa shape index (κ3) is 9.18. The van der Waals surface area contributed by atoms with Crippen molar-refractivity contribution in [2.75, 3.05) is 18.5 Å². The molecule has 2 N–H and O–H groups in total. The Bertz CT molecular complexity index is 1680. The number of thiazole rings is 1. The van der Waals surface area contributed by atoms with Crippen LogP contribution < -0.4 is 10.2 Å². The van der Waals surface area contributed by atoms with Gasteiger partial charge < -0.3 is 20.1 Å². The summed E-state index contributed by atoms with van der Waals surface area (Å²) < 4.78 is 44.8. The van der Waals surface area contributed by atoms with E-state index in [9.17, 15) is 23.1 Å². The molecule has 4 aromatic rings. The van der Waals surface area contributed by atoms with Crippen LogP contribution in [0.15, 0.2) is 60.9 Å². The molecule has 2 aromatic carbocycles. The summed E-state index contributed by atoms with van der Waals surface area (Å²) in [5.41, 5.74) is -0.694. The molecular weight excluding hydrogens is 589 g/mol. The Balaban J connectivity index is 1.65. The van der Waals surface area contributed by atoms with Crippen molar-refractivity contribution in [1.82, 2.24) is 15.3 Å². The van der Waals surface area contributed by atoms with Crippen LogP contribution in [0.2, 0.25) is 0 Å². The average molecular weight is 625 g/mol. The molecule has 7 nitrogen and oxygen atoms in total. The lowest BCUT2D eigenvalue weighted by Gasteiger charge is -2.27. The molecule has 11 heteroatoms. The van der Waals surface area contributed by atoms with Gasteiger partial charge in [-0.2, -0.15) is 13.2 Å². The SMILES string of the molecule is CN(C[C@H](Cc1ccc(C(F)(F)F)cc1)NC(=O)OC(C)(C)C)c1nc(C#CC(C)(C)O)c(-c2ccc3cnccc3c2)s1. The zero-order valence-electron chi connectivity index (χ0n) is 25.4. The van der Waals surface area contributed by atoms with Crippen LogP contribution in [0.4, 0.5) is 23.1 Å². The smallest absolute Gasteiger partial charge is 0.416 e. The number of carbonyl (C=O) groups is 1. The number of anilines is 1. The van der Waals surface area contributed by atoms with E-state index in [2.05, 4.69) is 22.1 Å². The van der Waals surface area contributed by atoms with Gasteiger partial charge in [-0.15, -0.1) is 0 Å². The molecule has 0 saturated heterocycles. The summed E-state index contributed by atoms with van der Waals surface area (Å²) in [5, 5.41) is 15.7. The first-order valence-electron chi connectivity index (χ1n) is 13.9. The second kappa shape index (κ2) is 12.8. The molecule has 0 aliphatic heterocycles. The minimum atomic E-state index is -4.44. The van der Waals surface area contributed by atoms with Crippen molar-refractivity contribution in [1.29, 1.82) is 0 Å². The first kappa shape index (κ1) is 32.8. The van der Waals surface area contributed by atoms with Gasteiger partial charge in [0.25, 0.3) is 0 Å². The highest BCUT2D eigenvalue weighted by molar-refractivity contribution is 7.19. The van der Waals surface area contributed by atoms with Gasteiger partial charge in [0.2, 0.25) is 0 Å². The largest absolute Gasteiger partial charge is 0.444 e. The molecule has 0 unspecified atom stereocenters. The van der Waals surface area contributed by atoms with Crippen LogP contribution >= 0.6 is 11.3 Å². The number of fused-ring (bicyclic) bond motifs is 1. The molecule has 1 amide bonds. The van der Waals surface area contributed by atoms with Gasteiger partial charge in [-0.1, -0.05) is 41.5 Å². The number of amides is 1. The van der Waals surface area contributed by atoms with Gasteiger partial charge in [0.1, 0.15) is 16.9 Å². The number of alkyl halides is 3. The second-order valence-corrected chi connectivity index (χ2v) is 13.0. The highest BCUT2D eigenvalue weighted by atomic mass is 32.1. The Labute approximate surface area is 259 Å². The average Bonchev–Trinajstić information content (AvgIpc) is 3.34. The Hall–Kier alpha value is -4.14. The third-order valence-electron chi connectivity index (χ3n) is 6.31. The lowest BCUT2D eigenvalue weighted by Crippen LogP contribution is -2.46. The Morgan fingerprint density at radius 3 is 2.41 bits per heavy atom. The summed E-state index contributed by atoms with van der Waals surface area (Å²) in [4.78, 5) is 24.4. The molecule has 232 valence electrons. The van der Waals surface area contributed by atoms with Crippen LogP contribution in [0.1, 0.15) is 51.4 Å². The zero-order chi connectivity index (χ0) is 32.3. The van der Waals surface area contributed by atoms with Crippen LogP contribution in [-0.2, 0) is 17.3 Å². The number of ether oxygens (including phenoxy) is 1. The topological polar surface area (TPSA) is 87.6 Å². The number of hydrogen-bond donors (Lipinski definition) is 2. The fourth-order valence-electron chi connectivity index (χ4n) is 4.35. The molecule has 44 heavy (non-hydrogen) atoms. The van der Waals surface area contributed by atoms with Crippen molar-refractivity contribution in [2.45, 2.75) is 64.5 Å². The van der Waals surface area contributed by atoms with Gasteiger partial charge in [0.05, 0.1) is 16.5 Å². The lowest BCUT2D eigenvalue weighted by molar-refractivity contribution is -0.137. The summed E-state index contributed by atoms with van der Waals surface area (Å²) >= 11 is 1.41. The minimum Gasteiger partial charge on any atom is -0.444 e. The van der Waals surface area contributed by atoms with Gasteiger partial charge in [-0.05, 0) is 87.7 Å². The number of nitrogens with zero attached hydrogens (tertiary/aromatic N) is 3. The molecular formula is C33H35F3N4O3S. The number of halogens is 3. The van der Waals surface area contributed by atoms with E-state index in [1.165, 1.54) is 23.5 Å². The van der Waals surface area contributed by atoms with Crippen molar-refractivity contribution in [3.8, 4) is 22.3 Å². The summed E-state index contributed by atoms with van der Waals surface area (Å²) in [7, 11) is 1.82. The van der Waals surface area contributed by atoms with Crippen molar-refractivity contribution in [3.63, 3.8) is 0 Å². The quantitative estimate of drug-likeness (QED) is 0.214. The number of pyridine rings is 1. The van der Waals surface area contributed by atoms with Gasteiger partial charge in [0.15, 0.2) is 5.13 Å². The number of hydrogen-bond acceptors (Lipinski definition) is 7. The van der Waals surface area contributed by atoms with Crippen LogP contribution in [0.25, 0.3) is 21.2 Å². The zero-order valence-corrected chi connectivity index (χ0v) is 26.2. The highest BCUT2D eigenvalue weighted by Crippen LogP contribution is 2.36. The summed E-state index contributed by atoms with van der Waals surface area (Å²) in [6.45, 7) is 8.71. The molecule has 0 saturated carbocycles. The molecule has 0 aliphatic carbocycles. The standard InChI is InChI=1S/C33H35F3N4O3S/c1-31(2,3)43-30(41)38-26(17-21-7-11-25(12-8-21)33(34,35)36)20-40(6)29-39-27(13-15-32(4,5)42)28(44-29)23-9-10-24-19-37-16-14-22(24)18-23/h7-12,14,16,18-19,26,42H,17,20H2,1-6H3,(H,38,41)/t26-/m0/s1. The van der Waals surface area contributed by atoms with E-state index >= 15 is 0 Å². The van der Waals surface area contributed by atoms with E-state index in [0.29, 0.717) is 16.4 Å². The van der Waals surface area contributed by atoms with Gasteiger partial charge in [-0.3, -0.25) is 4.98 Å². The third-order valence-corrected chi connectivity index (χ3v) is 7.53. The number of alkyl carbamates (subject to hydrolysis) is 1. The number of carbonyl (C=O) groups excluding carboxylic acids is 1. The van der Waals surface area contributed by atoms with Crippen LogP contribution in [0.5, 0.6) is 0 Å². The second-order valence-electron chi connectivity index (χ2n) is 12.0. The van der Waals surface area contributed by atoms with E-state index in [-0.39, 0.29) is 13.0 Å². The molecule has 0 radical (unpaired) electrons. The normalized spacial score (nSPS) is 12.8. The number of aromatic nitrogens is 2. The number of nitrogens with one attached hydrogen (secondary N) is 1. The first-order valence-corrected chi connectivity index (χ1v) is 14.8. The fourth-order valence-corrected chi connectivity index (χ4v) is 5.34. The summed E-state index contributed by atoms with van der Waals surface area (Å²) in [5.74, 6) is 5.86. The van der Waals surface area contributed by atoms with Gasteiger partial charge in [-0.25, -0.2) is 9.78 Å². The molecule has 0 aliphatic rings. The maximum atomic E-state index is 13.1. The minimum absolute atomic E-state index is 0.254. The lowest BCUT2D eigenvalue weighted by atomic mass is 10.0. The molecule has 0 fully saturated rings. The van der Waals surface area contributed by atoms with Crippen molar-refractivity contribution >= 4 is 33.3 Å². The Morgan fingerprint density at radius 2 is 1.77 bits per heavy atom. The number of likely N-dealkylation sites (N-methyl/N-ethyl adjacent to an activating group) is 1. The number of rotatable bonds is 7. The number of aliphatic hydroxyl groups is 1. The fraction of sp³-hybridized carbons (Fsp3) is 0.364. The van der Waals surface area contributed by atoms with Crippen LogP contribution in [0.3, 0.4) is 0 Å². The van der Waals surface area contributed by atoms with Gasteiger partial charge >= 0.3 is 12.3 Å². The van der Waals surface area contributed by atoms with E-state index in [1.54, 1.807) is 47.0 Å². The van der Waals surface area contributed by atoms with Gasteiger partial charge in [0, 0.05) is 31.4 Å². The molecule has 4 rings (SSSR count). The predicted molar refractivity (Wildman–Crippen MR) is 168 cm³/mol. The van der Waals surface area contributed by atoms with E-state index in [1.807, 2.05) is 36.2 Å². The van der Waals surface area contributed by atoms with E-state index < -0.39 is 35.1 Å². The molecule has 2 heterocycles. The summed E-state index contributed by atoms with van der Waals surface area (Å²) in [6.07, 6.45) is -1.31.